The van der Waals surface area contributed by atoms with E-state index in [1.54, 1.807) is 0 Å². The van der Waals surface area contributed by atoms with Gasteiger partial charge in [-0.1, -0.05) is 12.1 Å². The van der Waals surface area contributed by atoms with Crippen LogP contribution in [0.3, 0.4) is 0 Å². The number of urea groups is 1. The maximum absolute atomic E-state index is 11.2. The zero-order valence-corrected chi connectivity index (χ0v) is 8.80. The van der Waals surface area contributed by atoms with Crippen LogP contribution in [0.1, 0.15) is 5.56 Å². The van der Waals surface area contributed by atoms with Gasteiger partial charge in [0.25, 0.3) is 11.6 Å². The number of carbonyl (C=O) groups is 2. The summed E-state index contributed by atoms with van der Waals surface area (Å²) < 4.78 is 0. The van der Waals surface area contributed by atoms with Gasteiger partial charge < -0.3 is 10.4 Å². The molecule has 0 spiro atoms. The Morgan fingerprint density at radius 3 is 2.50 bits per heavy atom. The average Bonchev–Trinajstić information content (AvgIpc) is 2.60. The molecule has 0 unspecified atom stereocenters. The molecule has 3 amide bonds. The van der Waals surface area contributed by atoms with E-state index in [1.807, 2.05) is 5.32 Å². The lowest BCUT2D eigenvalue weighted by Gasteiger charge is -2.06. The Kier molecular flexibility index (Phi) is 2.68. The molecule has 1 aromatic rings. The van der Waals surface area contributed by atoms with Gasteiger partial charge in [0.15, 0.2) is 0 Å². The van der Waals surface area contributed by atoms with Crippen LogP contribution >= 0.6 is 0 Å². The van der Waals surface area contributed by atoms with E-state index in [1.165, 1.54) is 12.1 Å². The SMILES string of the molecule is O=C1NC(=O)/C(=C\c2ccc([O-])c([N+](=O)[O-])c2)N1. The van der Waals surface area contributed by atoms with Crippen molar-refractivity contribution in [1.82, 2.24) is 10.6 Å². The smallest absolute Gasteiger partial charge is 0.326 e. The van der Waals surface area contributed by atoms with Crippen molar-refractivity contribution in [1.29, 1.82) is 0 Å². The van der Waals surface area contributed by atoms with Gasteiger partial charge in [0.2, 0.25) is 0 Å². The van der Waals surface area contributed by atoms with Gasteiger partial charge in [0.05, 0.1) is 4.92 Å². The second-order valence-electron chi connectivity index (χ2n) is 3.45. The average molecular weight is 248 g/mol. The minimum absolute atomic E-state index is 0.0343. The number of nitrogens with one attached hydrogen (secondary N) is 2. The van der Waals surface area contributed by atoms with Gasteiger partial charge in [-0.05, 0) is 17.4 Å². The van der Waals surface area contributed by atoms with Crippen molar-refractivity contribution in [2.45, 2.75) is 0 Å². The Labute approximate surface area is 100 Å². The maximum Gasteiger partial charge on any atom is 0.326 e. The number of benzene rings is 1. The van der Waals surface area contributed by atoms with Gasteiger partial charge in [-0.3, -0.25) is 20.2 Å². The van der Waals surface area contributed by atoms with E-state index >= 15 is 0 Å². The number of hydrogen-bond donors (Lipinski definition) is 2. The van der Waals surface area contributed by atoms with Gasteiger partial charge in [-0.2, -0.15) is 0 Å². The third-order valence-corrected chi connectivity index (χ3v) is 2.21. The minimum Gasteiger partial charge on any atom is -0.868 e. The lowest BCUT2D eigenvalue weighted by atomic mass is 10.1. The number of nitrogens with zero attached hydrogens (tertiary/aromatic N) is 1. The van der Waals surface area contributed by atoms with Crippen molar-refractivity contribution in [3.63, 3.8) is 0 Å². The molecule has 18 heavy (non-hydrogen) atoms. The van der Waals surface area contributed by atoms with E-state index in [0.717, 1.165) is 12.1 Å². The molecule has 8 heteroatoms. The monoisotopic (exact) mass is 248 g/mol. The summed E-state index contributed by atoms with van der Waals surface area (Å²) in [5.74, 6) is -1.35. The van der Waals surface area contributed by atoms with E-state index < -0.39 is 28.3 Å². The molecular formula is C10H6N3O5-. The minimum atomic E-state index is -0.808. The normalized spacial score (nSPS) is 16.6. The first kappa shape index (κ1) is 11.6. The van der Waals surface area contributed by atoms with E-state index in [0.29, 0.717) is 0 Å². The third kappa shape index (κ3) is 2.12. The lowest BCUT2D eigenvalue weighted by Crippen LogP contribution is -2.22. The number of carbonyl (C=O) groups excluding carboxylic acids is 2. The first-order valence-electron chi connectivity index (χ1n) is 4.77. The molecule has 0 aliphatic carbocycles. The molecular weight excluding hydrogens is 242 g/mol. The Balaban J connectivity index is 2.38. The third-order valence-electron chi connectivity index (χ3n) is 2.21. The van der Waals surface area contributed by atoms with Crippen molar-refractivity contribution in [3.8, 4) is 5.75 Å². The summed E-state index contributed by atoms with van der Waals surface area (Å²) in [6, 6.07) is 2.72. The molecule has 1 heterocycles. The molecule has 2 N–H and O–H groups in total. The highest BCUT2D eigenvalue weighted by molar-refractivity contribution is 6.14. The van der Waals surface area contributed by atoms with Crippen LogP contribution in [0.15, 0.2) is 23.9 Å². The van der Waals surface area contributed by atoms with Gasteiger partial charge in [0.1, 0.15) is 5.70 Å². The second kappa shape index (κ2) is 4.17. The molecule has 1 aliphatic rings. The highest BCUT2D eigenvalue weighted by Crippen LogP contribution is 2.24. The van der Waals surface area contributed by atoms with Crippen LogP contribution in [0.4, 0.5) is 10.5 Å². The van der Waals surface area contributed by atoms with E-state index in [-0.39, 0.29) is 11.3 Å². The Morgan fingerprint density at radius 2 is 1.94 bits per heavy atom. The van der Waals surface area contributed by atoms with Crippen molar-refractivity contribution in [3.05, 3.63) is 39.6 Å². The van der Waals surface area contributed by atoms with Crippen LogP contribution in [0.2, 0.25) is 0 Å². The number of hydrogen-bond acceptors (Lipinski definition) is 5. The molecule has 8 nitrogen and oxygen atoms in total. The Morgan fingerprint density at radius 1 is 1.22 bits per heavy atom. The summed E-state index contributed by atoms with van der Waals surface area (Å²) >= 11 is 0. The predicted molar refractivity (Wildman–Crippen MR) is 57.2 cm³/mol. The molecule has 92 valence electrons. The Bertz CT molecular complexity index is 593. The first-order valence-corrected chi connectivity index (χ1v) is 4.77. The van der Waals surface area contributed by atoms with Crippen molar-refractivity contribution < 1.29 is 19.6 Å². The Hall–Kier alpha value is -2.90. The van der Waals surface area contributed by atoms with Gasteiger partial charge in [0, 0.05) is 6.07 Å². The van der Waals surface area contributed by atoms with Crippen molar-refractivity contribution in [2.75, 3.05) is 0 Å². The molecule has 2 rings (SSSR count). The maximum atomic E-state index is 11.2. The van der Waals surface area contributed by atoms with Crippen LogP contribution in [-0.2, 0) is 4.79 Å². The number of imide groups is 1. The first-order chi connectivity index (χ1) is 8.47. The summed E-state index contributed by atoms with van der Waals surface area (Å²) in [5.41, 5.74) is -0.351. The summed E-state index contributed by atoms with van der Waals surface area (Å²) in [6.45, 7) is 0. The lowest BCUT2D eigenvalue weighted by molar-refractivity contribution is -0.398. The zero-order chi connectivity index (χ0) is 13.3. The number of nitro benzene ring substituents is 1. The molecule has 0 saturated carbocycles. The van der Waals surface area contributed by atoms with Gasteiger partial charge >= 0.3 is 6.03 Å². The van der Waals surface area contributed by atoms with Crippen molar-refractivity contribution in [2.24, 2.45) is 0 Å². The summed E-state index contributed by atoms with van der Waals surface area (Å²) in [6.07, 6.45) is 1.24. The predicted octanol–water partition coefficient (Wildman–Crippen LogP) is -0.151. The van der Waals surface area contributed by atoms with E-state index in [4.69, 9.17) is 0 Å². The fraction of sp³-hybridized carbons (Fsp3) is 0. The quantitative estimate of drug-likeness (QED) is 0.326. The van der Waals surface area contributed by atoms with E-state index in [9.17, 15) is 24.8 Å². The fourth-order valence-corrected chi connectivity index (χ4v) is 1.42. The zero-order valence-electron chi connectivity index (χ0n) is 8.80. The highest BCUT2D eigenvalue weighted by Gasteiger charge is 2.22. The summed E-state index contributed by atoms with van der Waals surface area (Å²) in [5, 5.41) is 25.9. The van der Waals surface area contributed by atoms with Crippen LogP contribution in [-0.4, -0.2) is 16.9 Å². The van der Waals surface area contributed by atoms with Crippen LogP contribution < -0.4 is 15.7 Å². The molecule has 0 bridgehead atoms. The summed E-state index contributed by atoms with van der Waals surface area (Å²) in [4.78, 5) is 31.8. The molecule has 0 atom stereocenters. The molecule has 0 radical (unpaired) electrons. The van der Waals surface area contributed by atoms with Crippen LogP contribution in [0.5, 0.6) is 5.75 Å². The second-order valence-corrected chi connectivity index (χ2v) is 3.45. The van der Waals surface area contributed by atoms with Gasteiger partial charge in [-0.25, -0.2) is 4.79 Å². The van der Waals surface area contributed by atoms with Gasteiger partial charge in [-0.15, -0.1) is 0 Å². The number of amides is 3. The molecule has 1 aromatic carbocycles. The molecule has 1 fully saturated rings. The van der Waals surface area contributed by atoms with E-state index in [2.05, 4.69) is 5.32 Å². The van der Waals surface area contributed by atoms with Crippen LogP contribution in [0.25, 0.3) is 6.08 Å². The highest BCUT2D eigenvalue weighted by atomic mass is 16.6. The topological polar surface area (TPSA) is 124 Å². The molecule has 1 saturated heterocycles. The molecule has 0 aromatic heterocycles. The standard InChI is InChI=1S/C10H7N3O5/c14-8-2-1-5(4-7(8)13(17)18)3-6-9(15)12-10(16)11-6/h1-4,14H,(H2,11,12,15,16)/p-1/b6-3+. The van der Waals surface area contributed by atoms with Crippen LogP contribution in [0, 0.1) is 10.1 Å². The number of nitro groups is 1. The largest absolute Gasteiger partial charge is 0.868 e. The fourth-order valence-electron chi connectivity index (χ4n) is 1.42. The van der Waals surface area contributed by atoms with Crippen molar-refractivity contribution >= 4 is 23.7 Å². The molecule has 1 aliphatic heterocycles. The summed E-state index contributed by atoms with van der Waals surface area (Å²) in [7, 11) is 0. The number of rotatable bonds is 2.